The highest BCUT2D eigenvalue weighted by atomic mass is 19.1. The molecule has 0 saturated carbocycles. The molecule has 7 heteroatoms. The number of rotatable bonds is 2. The number of hydrogen-bond acceptors (Lipinski definition) is 4. The summed E-state index contributed by atoms with van der Waals surface area (Å²) in [7, 11) is 0. The first kappa shape index (κ1) is 14.5. The Morgan fingerprint density at radius 3 is 2.68 bits per heavy atom. The molecular weight excluding hydrogens is 291 g/mol. The standard InChI is InChI=1S/C15H15FN2O4/c1-7(2)9-5-8(16)6-11-13(9)22-15(21)18(11)10-3-4-12(19)17-14(10)20/h5-7,10H,3-4H2,1-2H3,(H,17,19,20). The molecule has 1 aromatic heterocycles. The molecule has 0 bridgehead atoms. The second kappa shape index (κ2) is 5.08. The van der Waals surface area contributed by atoms with E-state index >= 15 is 0 Å². The molecule has 0 radical (unpaired) electrons. The largest absolute Gasteiger partial charge is 0.420 e. The minimum absolute atomic E-state index is 0.0426. The lowest BCUT2D eigenvalue weighted by molar-refractivity contribution is -0.135. The minimum atomic E-state index is -0.867. The van der Waals surface area contributed by atoms with Gasteiger partial charge in [-0.05, 0) is 18.4 Å². The molecule has 1 N–H and O–H groups in total. The van der Waals surface area contributed by atoms with Crippen molar-refractivity contribution >= 4 is 22.9 Å². The number of oxazole rings is 1. The lowest BCUT2D eigenvalue weighted by atomic mass is 10.0. The van der Waals surface area contributed by atoms with Crippen molar-refractivity contribution in [1.82, 2.24) is 9.88 Å². The highest BCUT2D eigenvalue weighted by molar-refractivity contribution is 6.00. The Kier molecular flexibility index (Phi) is 3.35. The minimum Gasteiger partial charge on any atom is -0.407 e. The van der Waals surface area contributed by atoms with E-state index < -0.39 is 23.5 Å². The Bertz CT molecular complexity index is 834. The average Bonchev–Trinajstić information content (AvgIpc) is 2.74. The highest BCUT2D eigenvalue weighted by Gasteiger charge is 2.32. The van der Waals surface area contributed by atoms with Gasteiger partial charge in [-0.15, -0.1) is 0 Å². The number of halogens is 1. The molecule has 116 valence electrons. The fourth-order valence-electron chi connectivity index (χ4n) is 2.78. The van der Waals surface area contributed by atoms with Gasteiger partial charge in [-0.2, -0.15) is 0 Å². The summed E-state index contributed by atoms with van der Waals surface area (Å²) in [6.45, 7) is 3.72. The van der Waals surface area contributed by atoms with Gasteiger partial charge >= 0.3 is 5.76 Å². The Hall–Kier alpha value is -2.44. The first-order valence-corrected chi connectivity index (χ1v) is 7.06. The van der Waals surface area contributed by atoms with Gasteiger partial charge in [0.05, 0.1) is 5.52 Å². The van der Waals surface area contributed by atoms with Crippen LogP contribution in [0.1, 0.15) is 44.2 Å². The molecule has 1 aromatic carbocycles. The van der Waals surface area contributed by atoms with Crippen LogP contribution < -0.4 is 11.1 Å². The van der Waals surface area contributed by atoms with Gasteiger partial charge in [-0.3, -0.25) is 19.5 Å². The number of carbonyl (C=O) groups is 2. The number of aromatic nitrogens is 1. The molecule has 2 heterocycles. The summed E-state index contributed by atoms with van der Waals surface area (Å²) < 4.78 is 20.2. The van der Waals surface area contributed by atoms with Crippen molar-refractivity contribution in [3.63, 3.8) is 0 Å². The van der Waals surface area contributed by atoms with Crippen LogP contribution in [0, 0.1) is 5.82 Å². The Balaban J connectivity index is 2.22. The Morgan fingerprint density at radius 2 is 2.05 bits per heavy atom. The molecule has 1 saturated heterocycles. The first-order valence-electron chi connectivity index (χ1n) is 7.06. The average molecular weight is 306 g/mol. The van der Waals surface area contributed by atoms with E-state index in [4.69, 9.17) is 4.42 Å². The van der Waals surface area contributed by atoms with Crippen LogP contribution in [0.15, 0.2) is 21.3 Å². The second-order valence-electron chi connectivity index (χ2n) is 5.70. The molecule has 6 nitrogen and oxygen atoms in total. The van der Waals surface area contributed by atoms with Crippen LogP contribution in [0.4, 0.5) is 4.39 Å². The maximum atomic E-state index is 13.9. The van der Waals surface area contributed by atoms with Crippen molar-refractivity contribution in [1.29, 1.82) is 0 Å². The maximum absolute atomic E-state index is 13.9. The molecule has 3 rings (SSSR count). The first-order chi connectivity index (χ1) is 10.4. The molecule has 1 aliphatic heterocycles. The fraction of sp³-hybridized carbons (Fsp3) is 0.400. The van der Waals surface area contributed by atoms with E-state index in [0.29, 0.717) is 5.56 Å². The lowest BCUT2D eigenvalue weighted by Gasteiger charge is -2.21. The fourth-order valence-corrected chi connectivity index (χ4v) is 2.78. The van der Waals surface area contributed by atoms with Gasteiger partial charge < -0.3 is 4.42 Å². The van der Waals surface area contributed by atoms with Crippen molar-refractivity contribution in [3.8, 4) is 0 Å². The van der Waals surface area contributed by atoms with Gasteiger partial charge in [-0.25, -0.2) is 9.18 Å². The van der Waals surface area contributed by atoms with Crippen molar-refractivity contribution in [2.75, 3.05) is 0 Å². The number of hydrogen-bond donors (Lipinski definition) is 1. The smallest absolute Gasteiger partial charge is 0.407 e. The van der Waals surface area contributed by atoms with Crippen LogP contribution in [0.2, 0.25) is 0 Å². The molecule has 1 aliphatic rings. The van der Waals surface area contributed by atoms with Crippen molar-refractivity contribution < 1.29 is 18.4 Å². The third-order valence-corrected chi connectivity index (χ3v) is 3.85. The molecule has 1 unspecified atom stereocenters. The van der Waals surface area contributed by atoms with E-state index in [1.54, 1.807) is 0 Å². The van der Waals surface area contributed by atoms with Crippen LogP contribution in [0.3, 0.4) is 0 Å². The highest BCUT2D eigenvalue weighted by Crippen LogP contribution is 2.29. The maximum Gasteiger partial charge on any atom is 0.420 e. The number of amides is 2. The lowest BCUT2D eigenvalue weighted by Crippen LogP contribution is -2.43. The number of piperidine rings is 1. The van der Waals surface area contributed by atoms with E-state index in [1.165, 1.54) is 12.1 Å². The van der Waals surface area contributed by atoms with Gasteiger partial charge in [-0.1, -0.05) is 13.8 Å². The predicted molar refractivity (Wildman–Crippen MR) is 75.9 cm³/mol. The van der Waals surface area contributed by atoms with Crippen molar-refractivity contribution in [2.24, 2.45) is 0 Å². The second-order valence-corrected chi connectivity index (χ2v) is 5.70. The molecule has 22 heavy (non-hydrogen) atoms. The molecule has 2 aromatic rings. The zero-order valence-corrected chi connectivity index (χ0v) is 12.2. The number of carbonyl (C=O) groups excluding carboxylic acids is 2. The summed E-state index contributed by atoms with van der Waals surface area (Å²) in [5, 5.41) is 2.19. The quantitative estimate of drug-likeness (QED) is 0.858. The number of fused-ring (bicyclic) bond motifs is 1. The van der Waals surface area contributed by atoms with Crippen molar-refractivity contribution in [2.45, 2.75) is 38.6 Å². The summed E-state index contributed by atoms with van der Waals surface area (Å²) >= 11 is 0. The number of imide groups is 1. The Morgan fingerprint density at radius 1 is 1.32 bits per heavy atom. The summed E-state index contributed by atoms with van der Waals surface area (Å²) in [5.74, 6) is -2.22. The van der Waals surface area contributed by atoms with E-state index in [2.05, 4.69) is 5.32 Å². The summed E-state index contributed by atoms with van der Waals surface area (Å²) in [5.41, 5.74) is 1.09. The molecule has 0 spiro atoms. The molecule has 1 atom stereocenters. The van der Waals surface area contributed by atoms with E-state index in [9.17, 15) is 18.8 Å². The number of nitrogens with one attached hydrogen (secondary N) is 1. The topological polar surface area (TPSA) is 81.3 Å². The monoisotopic (exact) mass is 306 g/mol. The van der Waals surface area contributed by atoms with Gasteiger partial charge in [0, 0.05) is 18.1 Å². The molecule has 2 amide bonds. The third-order valence-electron chi connectivity index (χ3n) is 3.85. The van der Waals surface area contributed by atoms with E-state index in [0.717, 1.165) is 4.57 Å². The van der Waals surface area contributed by atoms with Crippen molar-refractivity contribution in [3.05, 3.63) is 34.1 Å². The normalized spacial score (nSPS) is 19.0. The van der Waals surface area contributed by atoms with Gasteiger partial charge in [0.25, 0.3) is 0 Å². The third kappa shape index (κ3) is 2.22. The van der Waals surface area contributed by atoms with Crippen LogP contribution in [-0.4, -0.2) is 16.4 Å². The zero-order valence-electron chi connectivity index (χ0n) is 12.2. The Labute approximate surface area is 124 Å². The summed E-state index contributed by atoms with van der Waals surface area (Å²) in [6, 6.07) is 1.63. The zero-order chi connectivity index (χ0) is 16.0. The van der Waals surface area contributed by atoms with Gasteiger partial charge in [0.2, 0.25) is 11.8 Å². The predicted octanol–water partition coefficient (Wildman–Crippen LogP) is 1.83. The van der Waals surface area contributed by atoms with Crippen LogP contribution in [-0.2, 0) is 9.59 Å². The molecule has 0 aliphatic carbocycles. The number of benzene rings is 1. The van der Waals surface area contributed by atoms with Crippen LogP contribution >= 0.6 is 0 Å². The van der Waals surface area contributed by atoms with Crippen LogP contribution in [0.5, 0.6) is 0 Å². The van der Waals surface area contributed by atoms with Gasteiger partial charge in [0.1, 0.15) is 11.9 Å². The molecular formula is C15H15FN2O4. The van der Waals surface area contributed by atoms with E-state index in [1.807, 2.05) is 13.8 Å². The number of nitrogens with zero attached hydrogens (tertiary/aromatic N) is 1. The van der Waals surface area contributed by atoms with Gasteiger partial charge in [0.15, 0.2) is 5.58 Å². The molecule has 1 fully saturated rings. The SMILES string of the molecule is CC(C)c1cc(F)cc2c1oc(=O)n2C1CCC(=O)NC1=O. The van der Waals surface area contributed by atoms with E-state index in [-0.39, 0.29) is 35.8 Å². The summed E-state index contributed by atoms with van der Waals surface area (Å²) in [6.07, 6.45) is 0.314. The van der Waals surface area contributed by atoms with Crippen LogP contribution in [0.25, 0.3) is 11.1 Å². The summed E-state index contributed by atoms with van der Waals surface area (Å²) in [4.78, 5) is 35.4.